The number of amides is 1. The first-order chi connectivity index (χ1) is 17.3. The SMILES string of the molecule is O=C(c1cc(-c2ccccc2)nc2c1cnn2Cc1ccco1)N1CCN(c2ccccn2)CC1. The highest BCUT2D eigenvalue weighted by Gasteiger charge is 2.26. The first kappa shape index (κ1) is 21.1. The van der Waals surface area contributed by atoms with Gasteiger partial charge in [0.1, 0.15) is 18.1 Å². The Kier molecular flexibility index (Phi) is 5.46. The van der Waals surface area contributed by atoms with Crippen LogP contribution in [0.5, 0.6) is 0 Å². The summed E-state index contributed by atoms with van der Waals surface area (Å²) in [5.74, 6) is 1.71. The van der Waals surface area contributed by atoms with Crippen LogP contribution < -0.4 is 4.90 Å². The second kappa shape index (κ2) is 9.06. The number of nitrogens with zero attached hydrogens (tertiary/aromatic N) is 6. The minimum atomic E-state index is -0.00667. The lowest BCUT2D eigenvalue weighted by Gasteiger charge is -2.35. The first-order valence-electron chi connectivity index (χ1n) is 11.7. The Hall–Kier alpha value is -4.46. The molecule has 1 aliphatic rings. The Labute approximate surface area is 202 Å². The van der Waals surface area contributed by atoms with Gasteiger partial charge >= 0.3 is 0 Å². The smallest absolute Gasteiger partial charge is 0.254 e. The number of aromatic nitrogens is 4. The van der Waals surface area contributed by atoms with Gasteiger partial charge in [0.25, 0.3) is 5.91 Å². The van der Waals surface area contributed by atoms with E-state index in [1.807, 2.05) is 71.6 Å². The minimum absolute atomic E-state index is 0.00667. The van der Waals surface area contributed by atoms with Crippen molar-refractivity contribution in [2.75, 3.05) is 31.1 Å². The number of rotatable bonds is 5. The van der Waals surface area contributed by atoms with Crippen molar-refractivity contribution in [1.82, 2.24) is 24.6 Å². The molecule has 8 heteroatoms. The summed E-state index contributed by atoms with van der Waals surface area (Å²) < 4.78 is 7.30. The van der Waals surface area contributed by atoms with Crippen LogP contribution in [-0.4, -0.2) is 56.7 Å². The Morgan fingerprint density at radius 2 is 1.77 bits per heavy atom. The predicted octanol–water partition coefficient (Wildman–Crippen LogP) is 4.10. The van der Waals surface area contributed by atoms with Crippen molar-refractivity contribution in [2.45, 2.75) is 6.54 Å². The fraction of sp³-hybridized carbons (Fsp3) is 0.185. The number of pyridine rings is 2. The molecule has 35 heavy (non-hydrogen) atoms. The summed E-state index contributed by atoms with van der Waals surface area (Å²) in [5.41, 5.74) is 2.98. The van der Waals surface area contributed by atoms with E-state index < -0.39 is 0 Å². The van der Waals surface area contributed by atoms with E-state index in [0.717, 1.165) is 41.3 Å². The number of benzene rings is 1. The molecule has 174 valence electrons. The zero-order chi connectivity index (χ0) is 23.6. The quantitative estimate of drug-likeness (QED) is 0.390. The van der Waals surface area contributed by atoms with Crippen LogP contribution in [0.1, 0.15) is 16.1 Å². The topological polar surface area (TPSA) is 80.3 Å². The van der Waals surface area contributed by atoms with Gasteiger partial charge in [-0.15, -0.1) is 0 Å². The van der Waals surface area contributed by atoms with Crippen molar-refractivity contribution in [3.05, 3.63) is 96.7 Å². The molecule has 0 spiro atoms. The molecule has 1 aliphatic heterocycles. The zero-order valence-corrected chi connectivity index (χ0v) is 19.1. The van der Waals surface area contributed by atoms with Gasteiger partial charge < -0.3 is 14.2 Å². The average molecular weight is 465 g/mol. The highest BCUT2D eigenvalue weighted by molar-refractivity contribution is 6.06. The third kappa shape index (κ3) is 4.14. The van der Waals surface area contributed by atoms with Gasteiger partial charge in [-0.25, -0.2) is 14.6 Å². The van der Waals surface area contributed by atoms with Crippen LogP contribution in [0.2, 0.25) is 0 Å². The van der Waals surface area contributed by atoms with Crippen molar-refractivity contribution in [2.24, 2.45) is 0 Å². The second-order valence-electron chi connectivity index (χ2n) is 8.51. The molecule has 0 N–H and O–H groups in total. The number of hydrogen-bond acceptors (Lipinski definition) is 6. The van der Waals surface area contributed by atoms with E-state index >= 15 is 0 Å². The van der Waals surface area contributed by atoms with Crippen molar-refractivity contribution >= 4 is 22.8 Å². The van der Waals surface area contributed by atoms with E-state index in [4.69, 9.17) is 9.40 Å². The molecule has 4 aromatic heterocycles. The zero-order valence-electron chi connectivity index (χ0n) is 19.1. The molecule has 8 nitrogen and oxygen atoms in total. The molecule has 5 aromatic rings. The second-order valence-corrected chi connectivity index (χ2v) is 8.51. The number of fused-ring (bicyclic) bond motifs is 1. The molecule has 6 rings (SSSR count). The van der Waals surface area contributed by atoms with Gasteiger partial charge in [-0.3, -0.25) is 4.79 Å². The normalized spacial score (nSPS) is 13.9. The van der Waals surface area contributed by atoms with Gasteiger partial charge in [-0.2, -0.15) is 5.10 Å². The Morgan fingerprint density at radius 3 is 2.51 bits per heavy atom. The van der Waals surface area contributed by atoms with E-state index in [-0.39, 0.29) is 5.91 Å². The molecule has 0 saturated carbocycles. The first-order valence-corrected chi connectivity index (χ1v) is 11.7. The molecular formula is C27H24N6O2. The van der Waals surface area contributed by atoms with Crippen LogP contribution in [0.3, 0.4) is 0 Å². The molecular weight excluding hydrogens is 440 g/mol. The van der Waals surface area contributed by atoms with E-state index in [1.165, 1.54) is 0 Å². The lowest BCUT2D eigenvalue weighted by atomic mass is 10.1. The Morgan fingerprint density at radius 1 is 0.943 bits per heavy atom. The lowest BCUT2D eigenvalue weighted by molar-refractivity contribution is 0.0748. The van der Waals surface area contributed by atoms with E-state index in [9.17, 15) is 4.79 Å². The van der Waals surface area contributed by atoms with Gasteiger partial charge in [0.2, 0.25) is 0 Å². The number of furan rings is 1. The average Bonchev–Trinajstić information content (AvgIpc) is 3.59. The molecule has 0 unspecified atom stereocenters. The van der Waals surface area contributed by atoms with Crippen LogP contribution in [0, 0.1) is 0 Å². The molecule has 1 amide bonds. The van der Waals surface area contributed by atoms with Gasteiger partial charge in [0.15, 0.2) is 5.65 Å². The Bertz CT molecular complexity index is 1440. The summed E-state index contributed by atoms with van der Waals surface area (Å²) in [7, 11) is 0. The fourth-order valence-corrected chi connectivity index (χ4v) is 4.50. The highest BCUT2D eigenvalue weighted by atomic mass is 16.3. The van der Waals surface area contributed by atoms with Gasteiger partial charge in [0, 0.05) is 37.9 Å². The molecule has 1 aromatic carbocycles. The monoisotopic (exact) mass is 464 g/mol. The summed E-state index contributed by atoms with van der Waals surface area (Å²) in [6.07, 6.45) is 5.17. The maximum Gasteiger partial charge on any atom is 0.254 e. The van der Waals surface area contributed by atoms with Crippen LogP contribution in [0.25, 0.3) is 22.3 Å². The largest absolute Gasteiger partial charge is 0.467 e. The van der Waals surface area contributed by atoms with Crippen LogP contribution >= 0.6 is 0 Å². The maximum atomic E-state index is 13.8. The highest BCUT2D eigenvalue weighted by Crippen LogP contribution is 2.27. The maximum absolute atomic E-state index is 13.8. The molecule has 5 heterocycles. The minimum Gasteiger partial charge on any atom is -0.467 e. The third-order valence-corrected chi connectivity index (χ3v) is 6.34. The number of carbonyl (C=O) groups excluding carboxylic acids is 1. The number of hydrogen-bond donors (Lipinski definition) is 0. The molecule has 0 bridgehead atoms. The standard InChI is InChI=1S/C27H24N6O2/c34-27(32-14-12-31(13-15-32)25-10-4-5-11-28-25)22-17-24(20-7-2-1-3-8-20)30-26-23(22)18-29-33(26)19-21-9-6-16-35-21/h1-11,16-18H,12-15,19H2. The lowest BCUT2D eigenvalue weighted by Crippen LogP contribution is -2.49. The van der Waals surface area contributed by atoms with Crippen molar-refractivity contribution in [3.8, 4) is 11.3 Å². The summed E-state index contributed by atoms with van der Waals surface area (Å²) in [4.78, 5) is 27.2. The number of carbonyl (C=O) groups is 1. The molecule has 1 fully saturated rings. The van der Waals surface area contributed by atoms with Gasteiger partial charge in [-0.05, 0) is 30.3 Å². The van der Waals surface area contributed by atoms with Crippen LogP contribution in [0.15, 0.2) is 89.8 Å². The van der Waals surface area contributed by atoms with Gasteiger partial charge in [0.05, 0.1) is 29.1 Å². The van der Waals surface area contributed by atoms with Crippen molar-refractivity contribution in [3.63, 3.8) is 0 Å². The van der Waals surface area contributed by atoms with E-state index in [0.29, 0.717) is 30.8 Å². The van der Waals surface area contributed by atoms with Crippen LogP contribution in [0.4, 0.5) is 5.82 Å². The third-order valence-electron chi connectivity index (χ3n) is 6.34. The molecule has 1 saturated heterocycles. The predicted molar refractivity (Wildman–Crippen MR) is 133 cm³/mol. The number of anilines is 1. The summed E-state index contributed by atoms with van der Waals surface area (Å²) in [6.45, 7) is 3.17. The Balaban J connectivity index is 1.34. The van der Waals surface area contributed by atoms with Crippen molar-refractivity contribution in [1.29, 1.82) is 0 Å². The molecule has 0 atom stereocenters. The van der Waals surface area contributed by atoms with Gasteiger partial charge in [-0.1, -0.05) is 36.4 Å². The fourth-order valence-electron chi connectivity index (χ4n) is 4.50. The van der Waals surface area contributed by atoms with E-state index in [1.54, 1.807) is 23.3 Å². The summed E-state index contributed by atoms with van der Waals surface area (Å²) >= 11 is 0. The summed E-state index contributed by atoms with van der Waals surface area (Å²) in [5, 5.41) is 5.30. The molecule has 0 aliphatic carbocycles. The van der Waals surface area contributed by atoms with E-state index in [2.05, 4.69) is 15.0 Å². The number of piperazine rings is 1. The van der Waals surface area contributed by atoms with Crippen LogP contribution in [-0.2, 0) is 6.54 Å². The van der Waals surface area contributed by atoms with Crippen molar-refractivity contribution < 1.29 is 9.21 Å². The summed E-state index contributed by atoms with van der Waals surface area (Å²) in [6, 6.07) is 21.5. The molecule has 0 radical (unpaired) electrons.